The van der Waals surface area contributed by atoms with Gasteiger partial charge < -0.3 is 19.1 Å². The van der Waals surface area contributed by atoms with Crippen molar-refractivity contribution in [2.24, 2.45) is 5.92 Å². The molecule has 0 bridgehead atoms. The highest BCUT2D eigenvalue weighted by Crippen LogP contribution is 2.54. The summed E-state index contributed by atoms with van der Waals surface area (Å²) in [4.78, 5) is 15.4. The number of nitrogens with zero attached hydrogens (tertiary/aromatic N) is 1. The van der Waals surface area contributed by atoms with Crippen molar-refractivity contribution in [1.29, 1.82) is 0 Å². The van der Waals surface area contributed by atoms with E-state index in [0.29, 0.717) is 18.9 Å². The van der Waals surface area contributed by atoms with Crippen LogP contribution in [0.4, 0.5) is 5.69 Å². The van der Waals surface area contributed by atoms with Gasteiger partial charge in [-0.05, 0) is 60.7 Å². The number of ether oxygens (including phenoxy) is 3. The number of hydrogen-bond donors (Lipinski definition) is 0. The quantitative estimate of drug-likeness (QED) is 0.300. The lowest BCUT2D eigenvalue weighted by atomic mass is 9.75. The molecule has 0 aliphatic carbocycles. The standard InChI is InChI=1S/C32H39NO4/c1-8-20(4)30-31-21(5)25(35-6)16-17-27(31)37-26-13-11-12-24(32(26)30)33(29(34)10-3)19-23-15-14-22(9-2)18-28(23)36-7/h11-18,20,30H,8-10,19H2,1-7H3/t20?,30-/m1/s1. The summed E-state index contributed by atoms with van der Waals surface area (Å²) in [5.74, 6) is 3.76. The molecule has 0 saturated heterocycles. The molecule has 0 saturated carbocycles. The Bertz CT molecular complexity index is 1280. The molecule has 37 heavy (non-hydrogen) atoms. The minimum atomic E-state index is 0.0612. The minimum absolute atomic E-state index is 0.0612. The molecule has 4 rings (SSSR count). The summed E-state index contributed by atoms with van der Waals surface area (Å²) in [6, 6.07) is 16.3. The number of fused-ring (bicyclic) bond motifs is 2. The monoisotopic (exact) mass is 501 g/mol. The van der Waals surface area contributed by atoms with E-state index in [1.807, 2.05) is 36.1 Å². The summed E-state index contributed by atoms with van der Waals surface area (Å²) in [7, 11) is 3.39. The van der Waals surface area contributed by atoms with Gasteiger partial charge in [0.25, 0.3) is 0 Å². The number of anilines is 1. The van der Waals surface area contributed by atoms with Gasteiger partial charge in [-0.15, -0.1) is 0 Å². The highest BCUT2D eigenvalue weighted by atomic mass is 16.5. The largest absolute Gasteiger partial charge is 0.496 e. The Hall–Kier alpha value is -3.47. The lowest BCUT2D eigenvalue weighted by molar-refractivity contribution is -0.118. The molecule has 1 aliphatic rings. The number of carbonyl (C=O) groups excluding carboxylic acids is 1. The number of methoxy groups -OCH3 is 2. The molecule has 3 aromatic rings. The van der Waals surface area contributed by atoms with Crippen molar-refractivity contribution in [3.05, 3.63) is 76.3 Å². The molecule has 2 atom stereocenters. The van der Waals surface area contributed by atoms with Crippen LogP contribution in [0.1, 0.15) is 74.3 Å². The third-order valence-electron chi connectivity index (χ3n) is 7.73. The van der Waals surface area contributed by atoms with Crippen LogP contribution in [0.3, 0.4) is 0 Å². The molecule has 0 radical (unpaired) electrons. The molecular formula is C32H39NO4. The summed E-state index contributed by atoms with van der Waals surface area (Å²) in [5, 5.41) is 0. The van der Waals surface area contributed by atoms with Crippen molar-refractivity contribution in [1.82, 2.24) is 0 Å². The zero-order valence-electron chi connectivity index (χ0n) is 23.2. The van der Waals surface area contributed by atoms with Crippen molar-refractivity contribution in [2.45, 2.75) is 66.3 Å². The molecule has 0 aromatic heterocycles. The van der Waals surface area contributed by atoms with Crippen molar-refractivity contribution in [3.8, 4) is 23.0 Å². The van der Waals surface area contributed by atoms with Crippen molar-refractivity contribution in [2.75, 3.05) is 19.1 Å². The first kappa shape index (κ1) is 26.6. The third-order valence-corrected chi connectivity index (χ3v) is 7.73. The second-order valence-corrected chi connectivity index (χ2v) is 9.79. The van der Waals surface area contributed by atoms with Gasteiger partial charge in [-0.2, -0.15) is 0 Å². The SMILES string of the molecule is CCC(=O)N(Cc1ccc(CC)cc1OC)c1cccc2c1[C@H](C(C)CC)c1c(ccc(OC)c1C)O2. The van der Waals surface area contributed by atoms with E-state index in [1.165, 1.54) is 5.56 Å². The Balaban J connectivity index is 1.90. The maximum absolute atomic E-state index is 13.5. The van der Waals surface area contributed by atoms with Gasteiger partial charge in [-0.1, -0.05) is 52.3 Å². The van der Waals surface area contributed by atoms with E-state index < -0.39 is 0 Å². The Morgan fingerprint density at radius 1 is 0.973 bits per heavy atom. The van der Waals surface area contributed by atoms with Gasteiger partial charge in [-0.3, -0.25) is 4.79 Å². The molecule has 5 nitrogen and oxygen atoms in total. The zero-order chi connectivity index (χ0) is 26.7. The fourth-order valence-corrected chi connectivity index (χ4v) is 5.43. The van der Waals surface area contributed by atoms with E-state index in [0.717, 1.165) is 63.8 Å². The molecule has 1 heterocycles. The number of rotatable bonds is 9. The van der Waals surface area contributed by atoms with E-state index in [9.17, 15) is 4.79 Å². The summed E-state index contributed by atoms with van der Waals surface area (Å²) in [6.07, 6.45) is 2.32. The first-order valence-corrected chi connectivity index (χ1v) is 13.3. The average molecular weight is 502 g/mol. The van der Waals surface area contributed by atoms with Gasteiger partial charge in [0.15, 0.2) is 0 Å². The molecule has 196 valence electrons. The van der Waals surface area contributed by atoms with Crippen LogP contribution in [-0.4, -0.2) is 20.1 Å². The smallest absolute Gasteiger partial charge is 0.227 e. The van der Waals surface area contributed by atoms with E-state index in [4.69, 9.17) is 14.2 Å². The van der Waals surface area contributed by atoms with Crippen LogP contribution in [0.2, 0.25) is 0 Å². The summed E-state index contributed by atoms with van der Waals surface area (Å²) >= 11 is 0. The van der Waals surface area contributed by atoms with Gasteiger partial charge in [-0.25, -0.2) is 0 Å². The number of hydrogen-bond acceptors (Lipinski definition) is 4. The van der Waals surface area contributed by atoms with Crippen LogP contribution < -0.4 is 19.1 Å². The lowest BCUT2D eigenvalue weighted by Gasteiger charge is -2.37. The molecule has 1 unspecified atom stereocenters. The van der Waals surface area contributed by atoms with Gasteiger partial charge in [0, 0.05) is 29.0 Å². The fraction of sp³-hybridized carbons (Fsp3) is 0.406. The maximum Gasteiger partial charge on any atom is 0.227 e. The normalized spacial score (nSPS) is 14.7. The topological polar surface area (TPSA) is 48.0 Å². The van der Waals surface area contributed by atoms with Crippen molar-refractivity contribution < 1.29 is 19.0 Å². The van der Waals surface area contributed by atoms with Crippen LogP contribution in [-0.2, 0) is 17.8 Å². The first-order valence-electron chi connectivity index (χ1n) is 13.3. The van der Waals surface area contributed by atoms with Crippen LogP contribution in [0.25, 0.3) is 0 Å². The summed E-state index contributed by atoms with van der Waals surface area (Å²) < 4.78 is 17.9. The molecule has 0 N–H and O–H groups in total. The number of carbonyl (C=O) groups is 1. The first-order chi connectivity index (χ1) is 17.9. The second-order valence-electron chi connectivity index (χ2n) is 9.79. The number of aryl methyl sites for hydroxylation is 1. The van der Waals surface area contributed by atoms with E-state index in [-0.39, 0.29) is 11.8 Å². The fourth-order valence-electron chi connectivity index (χ4n) is 5.43. The van der Waals surface area contributed by atoms with Gasteiger partial charge in [0.1, 0.15) is 23.0 Å². The van der Waals surface area contributed by atoms with E-state index in [2.05, 4.69) is 52.0 Å². The Labute approximate surface area is 221 Å². The maximum atomic E-state index is 13.5. The van der Waals surface area contributed by atoms with Crippen molar-refractivity contribution >= 4 is 11.6 Å². The van der Waals surface area contributed by atoms with E-state index in [1.54, 1.807) is 14.2 Å². The van der Waals surface area contributed by atoms with E-state index >= 15 is 0 Å². The molecule has 1 aliphatic heterocycles. The highest BCUT2D eigenvalue weighted by molar-refractivity contribution is 5.95. The summed E-state index contributed by atoms with van der Waals surface area (Å²) in [5.41, 5.74) is 6.36. The van der Waals surface area contributed by atoms with Crippen LogP contribution in [0, 0.1) is 12.8 Å². The van der Waals surface area contributed by atoms with Crippen LogP contribution >= 0.6 is 0 Å². The Morgan fingerprint density at radius 2 is 1.70 bits per heavy atom. The molecule has 0 spiro atoms. The molecular weight excluding hydrogens is 462 g/mol. The van der Waals surface area contributed by atoms with Crippen LogP contribution in [0.15, 0.2) is 48.5 Å². The van der Waals surface area contributed by atoms with Gasteiger partial charge in [0.05, 0.1) is 26.5 Å². The minimum Gasteiger partial charge on any atom is -0.496 e. The summed E-state index contributed by atoms with van der Waals surface area (Å²) in [6.45, 7) is 11.0. The predicted octanol–water partition coefficient (Wildman–Crippen LogP) is 7.80. The highest BCUT2D eigenvalue weighted by Gasteiger charge is 2.37. The van der Waals surface area contributed by atoms with Crippen LogP contribution in [0.5, 0.6) is 23.0 Å². The molecule has 3 aromatic carbocycles. The number of benzene rings is 3. The zero-order valence-corrected chi connectivity index (χ0v) is 23.2. The lowest BCUT2D eigenvalue weighted by Crippen LogP contribution is -2.32. The molecule has 1 amide bonds. The number of amides is 1. The average Bonchev–Trinajstić information content (AvgIpc) is 2.93. The van der Waals surface area contributed by atoms with Gasteiger partial charge >= 0.3 is 0 Å². The third kappa shape index (κ3) is 4.92. The molecule has 5 heteroatoms. The van der Waals surface area contributed by atoms with Gasteiger partial charge in [0.2, 0.25) is 5.91 Å². The second kappa shape index (κ2) is 11.3. The Morgan fingerprint density at radius 3 is 2.35 bits per heavy atom. The van der Waals surface area contributed by atoms with Crippen molar-refractivity contribution in [3.63, 3.8) is 0 Å². The predicted molar refractivity (Wildman–Crippen MR) is 149 cm³/mol. The Kier molecular flexibility index (Phi) is 8.11. The molecule has 0 fully saturated rings.